The van der Waals surface area contributed by atoms with E-state index in [2.05, 4.69) is 129 Å². The Bertz CT molecular complexity index is 1960. The lowest BCUT2D eigenvalue weighted by Gasteiger charge is -2.21. The Hall–Kier alpha value is -4.95. The van der Waals surface area contributed by atoms with Crippen molar-refractivity contribution in [2.45, 2.75) is 33.1 Å². The van der Waals surface area contributed by atoms with Crippen LogP contribution in [0.25, 0.3) is 50.6 Å². The maximum Gasteiger partial charge on any atom is 0.0575 e. The Morgan fingerprint density at radius 1 is 0.791 bits per heavy atom. The van der Waals surface area contributed by atoms with E-state index in [-0.39, 0.29) is 5.92 Å². The highest BCUT2D eigenvalue weighted by molar-refractivity contribution is 6.05. The first-order chi connectivity index (χ1) is 21.0. The number of allylic oxidation sites excluding steroid dienone is 1. The van der Waals surface area contributed by atoms with Gasteiger partial charge in [0, 0.05) is 28.1 Å². The fourth-order valence-corrected chi connectivity index (χ4v) is 6.17. The van der Waals surface area contributed by atoms with Gasteiger partial charge in [-0.25, -0.2) is 0 Å². The van der Waals surface area contributed by atoms with Gasteiger partial charge in [0.2, 0.25) is 0 Å². The fraction of sp³-hybridized carbons (Fsp3) is 0.146. The smallest absolute Gasteiger partial charge is 0.0575 e. The number of aromatic nitrogens is 1. The summed E-state index contributed by atoms with van der Waals surface area (Å²) in [6.45, 7) is 11.0. The molecule has 0 saturated heterocycles. The second kappa shape index (κ2) is 12.1. The molecule has 1 N–H and O–H groups in total. The van der Waals surface area contributed by atoms with E-state index in [0.29, 0.717) is 11.6 Å². The Kier molecular flexibility index (Phi) is 7.94. The number of para-hydroxylation sites is 1. The molecule has 0 bridgehead atoms. The lowest BCUT2D eigenvalue weighted by atomic mass is 9.93. The zero-order valence-corrected chi connectivity index (χ0v) is 25.2. The first kappa shape index (κ1) is 28.2. The summed E-state index contributed by atoms with van der Waals surface area (Å²) in [5.41, 5.74) is 9.97. The van der Waals surface area contributed by atoms with Crippen LogP contribution in [-0.4, -0.2) is 10.3 Å². The van der Waals surface area contributed by atoms with Gasteiger partial charge in [0.1, 0.15) is 0 Å². The minimum Gasteiger partial charge on any atom is -0.308 e. The van der Waals surface area contributed by atoms with Crippen molar-refractivity contribution < 1.29 is 0 Å². The molecule has 1 unspecified atom stereocenters. The molecule has 0 aliphatic rings. The van der Waals surface area contributed by atoms with Crippen molar-refractivity contribution in [3.05, 3.63) is 150 Å². The van der Waals surface area contributed by atoms with E-state index in [1.807, 2.05) is 36.4 Å². The summed E-state index contributed by atoms with van der Waals surface area (Å²) in [5, 5.41) is 12.4. The molecule has 0 aliphatic heterocycles. The van der Waals surface area contributed by atoms with E-state index in [1.54, 1.807) is 0 Å². The van der Waals surface area contributed by atoms with Crippen LogP contribution < -0.4 is 0 Å². The average Bonchev–Trinajstić information content (AvgIpc) is 3.35. The maximum atomic E-state index is 8.75. The Labute approximate surface area is 255 Å². The van der Waals surface area contributed by atoms with Gasteiger partial charge in [0.05, 0.1) is 16.9 Å². The molecule has 43 heavy (non-hydrogen) atoms. The highest BCUT2D eigenvalue weighted by Crippen LogP contribution is 2.41. The number of hydrogen-bond acceptors (Lipinski definition) is 1. The molecule has 0 saturated carbocycles. The Balaban J connectivity index is 1.57. The van der Waals surface area contributed by atoms with Crippen molar-refractivity contribution in [2.75, 3.05) is 0 Å². The molecule has 0 amide bonds. The zero-order valence-electron chi connectivity index (χ0n) is 25.2. The average molecular weight is 559 g/mol. The van der Waals surface area contributed by atoms with Crippen LogP contribution in [0.1, 0.15) is 55.5 Å². The Morgan fingerprint density at radius 2 is 1.44 bits per heavy atom. The quantitative estimate of drug-likeness (QED) is 0.171. The molecule has 0 spiro atoms. The third-order valence-electron chi connectivity index (χ3n) is 8.45. The van der Waals surface area contributed by atoms with Crippen molar-refractivity contribution in [3.63, 3.8) is 0 Å². The van der Waals surface area contributed by atoms with Gasteiger partial charge in [-0.3, -0.25) is 0 Å². The minimum atomic E-state index is 0.103. The first-order valence-corrected chi connectivity index (χ1v) is 15.2. The van der Waals surface area contributed by atoms with E-state index in [4.69, 9.17) is 5.41 Å². The largest absolute Gasteiger partial charge is 0.308 e. The number of fused-ring (bicyclic) bond motifs is 2. The molecule has 2 nitrogen and oxygen atoms in total. The van der Waals surface area contributed by atoms with Crippen LogP contribution in [0.15, 0.2) is 128 Å². The standard InChI is InChI=1S/C41H38N2/c1-5-38-36(25-14-16-29(4)40(42)31-19-10-7-11-20-31)37-26-32-21-12-13-22-33(32)27-39(37)43(38)41-34(28(2)3)23-15-24-35(41)30-17-8-6-9-18-30/h5-15,17-29,42H,1,16H2,2-4H3/b25-14-,42-40?. The molecule has 2 heteroatoms. The van der Waals surface area contributed by atoms with E-state index in [0.717, 1.165) is 23.2 Å². The lowest BCUT2D eigenvalue weighted by Crippen LogP contribution is -2.10. The summed E-state index contributed by atoms with van der Waals surface area (Å²) in [5.74, 6) is 0.435. The van der Waals surface area contributed by atoms with Crippen molar-refractivity contribution in [1.82, 2.24) is 4.57 Å². The van der Waals surface area contributed by atoms with Gasteiger partial charge in [-0.15, -0.1) is 0 Å². The fourth-order valence-electron chi connectivity index (χ4n) is 6.17. The van der Waals surface area contributed by atoms with E-state index < -0.39 is 0 Å². The van der Waals surface area contributed by atoms with Crippen LogP contribution >= 0.6 is 0 Å². The molecule has 212 valence electrons. The summed E-state index contributed by atoms with van der Waals surface area (Å²) >= 11 is 0. The van der Waals surface area contributed by atoms with Gasteiger partial charge in [0.15, 0.2) is 0 Å². The number of rotatable bonds is 9. The molecule has 5 aromatic carbocycles. The molecule has 6 aromatic rings. The molecular weight excluding hydrogens is 520 g/mol. The van der Waals surface area contributed by atoms with Crippen LogP contribution in [0.2, 0.25) is 0 Å². The van der Waals surface area contributed by atoms with Crippen LogP contribution in [0.5, 0.6) is 0 Å². The number of hydrogen-bond donors (Lipinski definition) is 1. The molecular formula is C41H38N2. The van der Waals surface area contributed by atoms with Crippen molar-refractivity contribution in [2.24, 2.45) is 5.92 Å². The topological polar surface area (TPSA) is 28.8 Å². The highest BCUT2D eigenvalue weighted by atomic mass is 15.0. The second-order valence-electron chi connectivity index (χ2n) is 11.6. The van der Waals surface area contributed by atoms with E-state index >= 15 is 0 Å². The summed E-state index contributed by atoms with van der Waals surface area (Å²) in [4.78, 5) is 0. The predicted octanol–water partition coefficient (Wildman–Crippen LogP) is 11.3. The highest BCUT2D eigenvalue weighted by Gasteiger charge is 2.22. The van der Waals surface area contributed by atoms with Crippen LogP contribution in [0.4, 0.5) is 0 Å². The predicted molar refractivity (Wildman–Crippen MR) is 186 cm³/mol. The SMILES string of the molecule is C=Cc1c(/C=C\CC(C)C(=N)c2ccccc2)c2cc3ccccc3cc2n1-c1c(-c2ccccc2)cccc1C(C)C. The third-order valence-corrected chi connectivity index (χ3v) is 8.45. The third kappa shape index (κ3) is 5.37. The van der Waals surface area contributed by atoms with E-state index in [9.17, 15) is 0 Å². The first-order valence-electron chi connectivity index (χ1n) is 15.2. The summed E-state index contributed by atoms with van der Waals surface area (Å²) in [6, 6.07) is 40.7. The zero-order chi connectivity index (χ0) is 29.9. The van der Waals surface area contributed by atoms with E-state index in [1.165, 1.54) is 44.1 Å². The lowest BCUT2D eigenvalue weighted by molar-refractivity contribution is 0.788. The van der Waals surface area contributed by atoms with Crippen molar-refractivity contribution >= 4 is 39.5 Å². The summed E-state index contributed by atoms with van der Waals surface area (Å²) in [7, 11) is 0. The van der Waals surface area contributed by atoms with Gasteiger partial charge in [-0.2, -0.15) is 0 Å². The van der Waals surface area contributed by atoms with Gasteiger partial charge in [-0.1, -0.05) is 143 Å². The minimum absolute atomic E-state index is 0.103. The Morgan fingerprint density at radius 3 is 2.12 bits per heavy atom. The van der Waals surface area contributed by atoms with Gasteiger partial charge < -0.3 is 9.98 Å². The van der Waals surface area contributed by atoms with Crippen molar-refractivity contribution in [3.8, 4) is 16.8 Å². The molecule has 0 radical (unpaired) electrons. The molecule has 1 heterocycles. The maximum absolute atomic E-state index is 8.75. The van der Waals surface area contributed by atoms with Gasteiger partial charge in [-0.05, 0) is 58.0 Å². The molecule has 6 rings (SSSR count). The normalized spacial score (nSPS) is 12.4. The molecule has 0 aliphatic carbocycles. The monoisotopic (exact) mass is 558 g/mol. The summed E-state index contributed by atoms with van der Waals surface area (Å²) in [6.07, 6.45) is 7.27. The van der Waals surface area contributed by atoms with Crippen LogP contribution in [0, 0.1) is 11.3 Å². The molecule has 0 fully saturated rings. The summed E-state index contributed by atoms with van der Waals surface area (Å²) < 4.78 is 2.43. The second-order valence-corrected chi connectivity index (χ2v) is 11.6. The van der Waals surface area contributed by atoms with Crippen LogP contribution in [-0.2, 0) is 0 Å². The number of benzene rings is 5. The van der Waals surface area contributed by atoms with Gasteiger partial charge >= 0.3 is 0 Å². The number of nitrogens with zero attached hydrogens (tertiary/aromatic N) is 1. The number of nitrogens with one attached hydrogen (secondary N) is 1. The molecule has 1 atom stereocenters. The molecule has 1 aromatic heterocycles. The van der Waals surface area contributed by atoms with Crippen molar-refractivity contribution in [1.29, 1.82) is 5.41 Å². The van der Waals surface area contributed by atoms with Crippen LogP contribution in [0.3, 0.4) is 0 Å². The van der Waals surface area contributed by atoms with Gasteiger partial charge in [0.25, 0.3) is 0 Å².